The SMILES string of the molecule is O=C(Nc1cc(-c2nc3cc(Cl)ccc3o2)ccc1Cl)c1ccc(-c2ccccc2[N+](=O)[O-])o1. The summed E-state index contributed by atoms with van der Waals surface area (Å²) in [5.41, 5.74) is 2.21. The molecule has 10 heteroatoms. The third kappa shape index (κ3) is 4.12. The van der Waals surface area contributed by atoms with E-state index >= 15 is 0 Å². The number of halogens is 2. The quantitative estimate of drug-likeness (QED) is 0.204. The Morgan fingerprint density at radius 1 is 0.971 bits per heavy atom. The molecular weight excluding hydrogens is 481 g/mol. The zero-order chi connectivity index (χ0) is 23.8. The van der Waals surface area contributed by atoms with E-state index in [9.17, 15) is 14.9 Å². The Bertz CT molecular complexity index is 1570. The summed E-state index contributed by atoms with van der Waals surface area (Å²) in [6.07, 6.45) is 0. The van der Waals surface area contributed by atoms with Crippen LogP contribution in [0.1, 0.15) is 10.6 Å². The molecule has 2 heterocycles. The van der Waals surface area contributed by atoms with Gasteiger partial charge in [0.05, 0.1) is 21.2 Å². The molecule has 5 rings (SSSR count). The second kappa shape index (κ2) is 8.66. The van der Waals surface area contributed by atoms with Crippen LogP contribution in [0.4, 0.5) is 11.4 Å². The number of hydrogen-bond donors (Lipinski definition) is 1. The number of fused-ring (bicyclic) bond motifs is 1. The number of para-hydroxylation sites is 1. The van der Waals surface area contributed by atoms with Crippen LogP contribution in [0.25, 0.3) is 33.9 Å². The van der Waals surface area contributed by atoms with E-state index in [1.54, 1.807) is 54.6 Å². The molecule has 2 aromatic heterocycles. The minimum Gasteiger partial charge on any atom is -0.451 e. The first-order valence-electron chi connectivity index (χ1n) is 9.90. The lowest BCUT2D eigenvalue weighted by Crippen LogP contribution is -2.11. The molecule has 0 bridgehead atoms. The Hall–Kier alpha value is -4.14. The summed E-state index contributed by atoms with van der Waals surface area (Å²) in [7, 11) is 0. The molecule has 0 atom stereocenters. The van der Waals surface area contributed by atoms with Crippen molar-refractivity contribution in [3.8, 4) is 22.8 Å². The molecule has 0 aliphatic rings. The second-order valence-corrected chi connectivity index (χ2v) is 8.06. The van der Waals surface area contributed by atoms with Crippen LogP contribution in [0.5, 0.6) is 0 Å². The molecule has 0 spiro atoms. The van der Waals surface area contributed by atoms with E-state index in [0.29, 0.717) is 38.3 Å². The molecule has 0 saturated heterocycles. The third-order valence-electron chi connectivity index (χ3n) is 5.01. The van der Waals surface area contributed by atoms with E-state index in [0.717, 1.165) is 0 Å². The Morgan fingerprint density at radius 3 is 2.62 bits per heavy atom. The lowest BCUT2D eigenvalue weighted by molar-refractivity contribution is -0.384. The Labute approximate surface area is 201 Å². The maximum atomic E-state index is 12.8. The smallest absolute Gasteiger partial charge is 0.291 e. The fourth-order valence-electron chi connectivity index (χ4n) is 3.41. The third-order valence-corrected chi connectivity index (χ3v) is 5.57. The van der Waals surface area contributed by atoms with Crippen LogP contribution in [0.15, 0.2) is 81.6 Å². The summed E-state index contributed by atoms with van der Waals surface area (Å²) < 4.78 is 11.4. The first-order chi connectivity index (χ1) is 16.4. The first-order valence-corrected chi connectivity index (χ1v) is 10.7. The minimum absolute atomic E-state index is 0.0360. The Morgan fingerprint density at radius 2 is 1.79 bits per heavy atom. The lowest BCUT2D eigenvalue weighted by atomic mass is 10.1. The van der Waals surface area contributed by atoms with Gasteiger partial charge in [0.2, 0.25) is 5.89 Å². The van der Waals surface area contributed by atoms with Crippen LogP contribution in [-0.4, -0.2) is 15.8 Å². The summed E-state index contributed by atoms with van der Waals surface area (Å²) >= 11 is 12.3. The number of carbonyl (C=O) groups is 1. The number of amides is 1. The van der Waals surface area contributed by atoms with Crippen molar-refractivity contribution >= 4 is 51.6 Å². The molecule has 0 radical (unpaired) electrons. The van der Waals surface area contributed by atoms with Crippen molar-refractivity contribution in [2.24, 2.45) is 0 Å². The number of anilines is 1. The van der Waals surface area contributed by atoms with Crippen LogP contribution in [-0.2, 0) is 0 Å². The number of oxazole rings is 1. The van der Waals surface area contributed by atoms with Gasteiger partial charge in [-0.3, -0.25) is 14.9 Å². The molecule has 5 aromatic rings. The van der Waals surface area contributed by atoms with Gasteiger partial charge in [0.15, 0.2) is 11.3 Å². The molecule has 1 amide bonds. The fraction of sp³-hybridized carbons (Fsp3) is 0. The van der Waals surface area contributed by atoms with Gasteiger partial charge in [0.1, 0.15) is 11.3 Å². The molecule has 0 saturated carbocycles. The zero-order valence-electron chi connectivity index (χ0n) is 17.1. The van der Waals surface area contributed by atoms with Crippen molar-refractivity contribution < 1.29 is 18.6 Å². The van der Waals surface area contributed by atoms with E-state index in [-0.39, 0.29) is 22.8 Å². The average Bonchev–Trinajstić information content (AvgIpc) is 3.48. The summed E-state index contributed by atoms with van der Waals surface area (Å²) in [4.78, 5) is 28.0. The standard InChI is InChI=1S/C24H13Cl2N3O5/c25-14-6-8-21-18(12-14)28-24(34-21)13-5-7-16(26)17(11-13)27-23(30)22-10-9-20(33-22)15-3-1-2-4-19(15)29(31)32/h1-12H,(H,27,30). The number of nitrogens with zero attached hydrogens (tertiary/aromatic N) is 2. The number of carbonyl (C=O) groups excluding carboxylic acids is 1. The van der Waals surface area contributed by atoms with Gasteiger partial charge in [-0.1, -0.05) is 35.3 Å². The molecule has 3 aromatic carbocycles. The van der Waals surface area contributed by atoms with Gasteiger partial charge in [-0.15, -0.1) is 0 Å². The van der Waals surface area contributed by atoms with Crippen LogP contribution in [0.3, 0.4) is 0 Å². The van der Waals surface area contributed by atoms with Crippen molar-refractivity contribution in [2.45, 2.75) is 0 Å². The molecule has 8 nitrogen and oxygen atoms in total. The number of benzene rings is 3. The molecule has 0 aliphatic heterocycles. The number of rotatable bonds is 5. The van der Waals surface area contributed by atoms with Crippen molar-refractivity contribution in [1.82, 2.24) is 4.98 Å². The van der Waals surface area contributed by atoms with E-state index in [1.165, 1.54) is 18.2 Å². The number of hydrogen-bond acceptors (Lipinski definition) is 6. The van der Waals surface area contributed by atoms with Gasteiger partial charge in [-0.25, -0.2) is 4.98 Å². The monoisotopic (exact) mass is 493 g/mol. The molecule has 0 fully saturated rings. The van der Waals surface area contributed by atoms with Gasteiger partial charge in [0, 0.05) is 16.7 Å². The highest BCUT2D eigenvalue weighted by Gasteiger charge is 2.20. The van der Waals surface area contributed by atoms with Gasteiger partial charge >= 0.3 is 0 Å². The number of nitro benzene ring substituents is 1. The van der Waals surface area contributed by atoms with E-state index in [1.807, 2.05) is 0 Å². The topological polar surface area (TPSA) is 111 Å². The number of furan rings is 1. The molecule has 34 heavy (non-hydrogen) atoms. The molecule has 168 valence electrons. The van der Waals surface area contributed by atoms with Gasteiger partial charge < -0.3 is 14.2 Å². The van der Waals surface area contributed by atoms with Crippen LogP contribution < -0.4 is 5.32 Å². The van der Waals surface area contributed by atoms with Crippen molar-refractivity contribution in [3.63, 3.8) is 0 Å². The molecule has 0 unspecified atom stereocenters. The van der Waals surface area contributed by atoms with Crippen LogP contribution in [0.2, 0.25) is 10.0 Å². The van der Waals surface area contributed by atoms with Gasteiger partial charge in [-0.2, -0.15) is 0 Å². The summed E-state index contributed by atoms with van der Waals surface area (Å²) in [5.74, 6) is -0.0807. The maximum absolute atomic E-state index is 12.8. The Kier molecular flexibility index (Phi) is 5.53. The summed E-state index contributed by atoms with van der Waals surface area (Å²) in [6.45, 7) is 0. The highest BCUT2D eigenvalue weighted by atomic mass is 35.5. The van der Waals surface area contributed by atoms with E-state index in [4.69, 9.17) is 32.0 Å². The first kappa shape index (κ1) is 21.7. The van der Waals surface area contributed by atoms with Crippen molar-refractivity contribution in [3.05, 3.63) is 98.7 Å². The molecule has 0 aliphatic carbocycles. The number of nitro groups is 1. The number of aromatic nitrogens is 1. The van der Waals surface area contributed by atoms with Gasteiger partial charge in [0.25, 0.3) is 11.6 Å². The van der Waals surface area contributed by atoms with E-state index < -0.39 is 10.8 Å². The van der Waals surface area contributed by atoms with E-state index in [2.05, 4.69) is 10.3 Å². The summed E-state index contributed by atoms with van der Waals surface area (Å²) in [5, 5.41) is 14.8. The largest absolute Gasteiger partial charge is 0.451 e. The lowest BCUT2D eigenvalue weighted by Gasteiger charge is -2.07. The van der Waals surface area contributed by atoms with Gasteiger partial charge in [-0.05, 0) is 54.6 Å². The zero-order valence-corrected chi connectivity index (χ0v) is 18.6. The normalized spacial score (nSPS) is 11.0. The highest BCUT2D eigenvalue weighted by Crippen LogP contribution is 2.33. The van der Waals surface area contributed by atoms with Crippen LogP contribution >= 0.6 is 23.2 Å². The summed E-state index contributed by atoms with van der Waals surface area (Å²) in [6, 6.07) is 19.1. The maximum Gasteiger partial charge on any atom is 0.291 e. The average molecular weight is 494 g/mol. The minimum atomic E-state index is -0.576. The predicted octanol–water partition coefficient (Wildman–Crippen LogP) is 7.22. The van der Waals surface area contributed by atoms with Crippen LogP contribution in [0, 0.1) is 10.1 Å². The van der Waals surface area contributed by atoms with Crippen molar-refractivity contribution in [2.75, 3.05) is 5.32 Å². The highest BCUT2D eigenvalue weighted by molar-refractivity contribution is 6.34. The fourth-order valence-corrected chi connectivity index (χ4v) is 3.74. The molecular formula is C24H13Cl2N3O5. The predicted molar refractivity (Wildman–Crippen MR) is 128 cm³/mol. The second-order valence-electron chi connectivity index (χ2n) is 7.22. The van der Waals surface area contributed by atoms with Crippen molar-refractivity contribution in [1.29, 1.82) is 0 Å². The molecule has 1 N–H and O–H groups in total. The number of nitrogens with one attached hydrogen (secondary N) is 1. The Balaban J connectivity index is 1.42.